The Balaban J connectivity index is 1.86. The number of nitrogens with one attached hydrogen (secondary N) is 1. The first-order valence-electron chi connectivity index (χ1n) is 7.03. The predicted octanol–water partition coefficient (Wildman–Crippen LogP) is 4.03. The van der Waals surface area contributed by atoms with Gasteiger partial charge in [0.1, 0.15) is 17.5 Å². The molecule has 1 aromatic carbocycles. The maximum absolute atomic E-state index is 12.6. The first-order chi connectivity index (χ1) is 11.8. The predicted molar refractivity (Wildman–Crippen MR) is 85.8 cm³/mol. The maximum atomic E-state index is 12.6. The van der Waals surface area contributed by atoms with Crippen molar-refractivity contribution in [2.75, 3.05) is 6.54 Å². The van der Waals surface area contributed by atoms with Crippen LogP contribution in [0.15, 0.2) is 42.5 Å². The van der Waals surface area contributed by atoms with E-state index in [1.165, 1.54) is 6.07 Å². The Morgan fingerprint density at radius 2 is 1.96 bits per heavy atom. The van der Waals surface area contributed by atoms with Crippen LogP contribution < -0.4 is 5.32 Å². The second-order valence-electron chi connectivity index (χ2n) is 4.78. The lowest BCUT2D eigenvalue weighted by Crippen LogP contribution is -2.24. The summed E-state index contributed by atoms with van der Waals surface area (Å²) in [4.78, 5) is 14.7. The Morgan fingerprint density at radius 1 is 1.24 bits per heavy atom. The van der Waals surface area contributed by atoms with Crippen LogP contribution in [0, 0.1) is 11.8 Å². The SMILES string of the molecule is O=C(NCC#Cc1cc(Cl)nc(C(F)(F)F)c1)OCc1ccccc1. The third-order valence-corrected chi connectivity index (χ3v) is 3.04. The number of hydrogen-bond acceptors (Lipinski definition) is 3. The molecule has 0 atom stereocenters. The minimum atomic E-state index is -4.61. The summed E-state index contributed by atoms with van der Waals surface area (Å²) < 4.78 is 42.8. The van der Waals surface area contributed by atoms with Gasteiger partial charge in [-0.15, -0.1) is 0 Å². The van der Waals surface area contributed by atoms with E-state index in [9.17, 15) is 18.0 Å². The summed E-state index contributed by atoms with van der Waals surface area (Å²) in [5.74, 6) is 5.00. The van der Waals surface area contributed by atoms with Crippen LogP contribution in [-0.2, 0) is 17.5 Å². The first-order valence-corrected chi connectivity index (χ1v) is 7.40. The lowest BCUT2D eigenvalue weighted by Gasteiger charge is -2.06. The molecule has 8 heteroatoms. The number of aromatic nitrogens is 1. The molecule has 0 saturated heterocycles. The molecule has 2 aromatic rings. The molecule has 0 bridgehead atoms. The smallest absolute Gasteiger partial charge is 0.433 e. The molecule has 0 saturated carbocycles. The highest BCUT2D eigenvalue weighted by Gasteiger charge is 2.33. The standard InChI is InChI=1S/C17H12ClF3N2O2/c18-15-10-13(9-14(23-15)17(19,20)21)7-4-8-22-16(24)25-11-12-5-2-1-3-6-12/h1-3,5-6,9-10H,8,11H2,(H,22,24). The quantitative estimate of drug-likeness (QED) is 0.657. The number of hydrogen-bond donors (Lipinski definition) is 1. The highest BCUT2D eigenvalue weighted by atomic mass is 35.5. The van der Waals surface area contributed by atoms with Gasteiger partial charge in [0.2, 0.25) is 0 Å². The average molecular weight is 369 g/mol. The molecule has 0 radical (unpaired) electrons. The highest BCUT2D eigenvalue weighted by molar-refractivity contribution is 6.29. The van der Waals surface area contributed by atoms with Gasteiger partial charge in [-0.05, 0) is 17.7 Å². The minimum Gasteiger partial charge on any atom is -0.445 e. The molecule has 2 rings (SSSR count). The highest BCUT2D eigenvalue weighted by Crippen LogP contribution is 2.29. The van der Waals surface area contributed by atoms with Crippen molar-refractivity contribution in [3.8, 4) is 11.8 Å². The number of ether oxygens (including phenoxy) is 1. The second kappa shape index (κ2) is 8.40. The number of carbonyl (C=O) groups excluding carboxylic acids is 1. The summed E-state index contributed by atoms with van der Waals surface area (Å²) in [6.45, 7) is 0.0178. The first kappa shape index (κ1) is 18.6. The van der Waals surface area contributed by atoms with E-state index in [0.29, 0.717) is 0 Å². The fraction of sp³-hybridized carbons (Fsp3) is 0.176. The fourth-order valence-corrected chi connectivity index (χ4v) is 1.96. The lowest BCUT2D eigenvalue weighted by atomic mass is 10.2. The average Bonchev–Trinajstić information content (AvgIpc) is 2.56. The molecule has 0 fully saturated rings. The van der Waals surface area contributed by atoms with Crippen molar-refractivity contribution >= 4 is 17.7 Å². The van der Waals surface area contributed by atoms with Gasteiger partial charge in [-0.1, -0.05) is 53.8 Å². The fourth-order valence-electron chi connectivity index (χ4n) is 1.75. The molecule has 4 nitrogen and oxygen atoms in total. The zero-order valence-corrected chi connectivity index (χ0v) is 13.5. The van der Waals surface area contributed by atoms with Crippen LogP contribution in [0.25, 0.3) is 0 Å². The van der Waals surface area contributed by atoms with Gasteiger partial charge in [-0.2, -0.15) is 13.2 Å². The topological polar surface area (TPSA) is 51.2 Å². The number of benzene rings is 1. The van der Waals surface area contributed by atoms with Crippen molar-refractivity contribution in [3.05, 3.63) is 64.4 Å². The number of rotatable bonds is 3. The molecule has 0 aliphatic heterocycles. The van der Waals surface area contributed by atoms with Crippen LogP contribution in [0.5, 0.6) is 0 Å². The van der Waals surface area contributed by atoms with Gasteiger partial charge in [-0.3, -0.25) is 0 Å². The van der Waals surface area contributed by atoms with Gasteiger partial charge < -0.3 is 10.1 Å². The molecular formula is C17H12ClF3N2O2. The molecule has 1 N–H and O–H groups in total. The molecule has 1 aromatic heterocycles. The number of amides is 1. The molecule has 1 amide bonds. The number of carbonyl (C=O) groups is 1. The third-order valence-electron chi connectivity index (χ3n) is 2.85. The second-order valence-corrected chi connectivity index (χ2v) is 5.17. The van der Waals surface area contributed by atoms with Gasteiger partial charge in [0.05, 0.1) is 6.54 Å². The molecule has 1 heterocycles. The Bertz CT molecular complexity index is 799. The van der Waals surface area contributed by atoms with Gasteiger partial charge in [0.15, 0.2) is 0 Å². The normalized spacial score (nSPS) is 10.6. The van der Waals surface area contributed by atoms with E-state index < -0.39 is 18.0 Å². The molecule has 130 valence electrons. The van der Waals surface area contributed by atoms with Crippen molar-refractivity contribution in [2.24, 2.45) is 0 Å². The van der Waals surface area contributed by atoms with E-state index in [2.05, 4.69) is 22.1 Å². The summed E-state index contributed by atoms with van der Waals surface area (Å²) in [5.41, 5.74) is -0.249. The molecule has 25 heavy (non-hydrogen) atoms. The summed E-state index contributed by atoms with van der Waals surface area (Å²) in [5, 5.41) is 2.07. The molecule has 0 aliphatic carbocycles. The van der Waals surface area contributed by atoms with Crippen LogP contribution >= 0.6 is 11.6 Å². The van der Waals surface area contributed by atoms with E-state index in [1.54, 1.807) is 12.1 Å². The number of pyridine rings is 1. The zero-order chi connectivity index (χ0) is 18.3. The van der Waals surface area contributed by atoms with Crippen LogP contribution in [0.4, 0.5) is 18.0 Å². The minimum absolute atomic E-state index is 0.0479. The van der Waals surface area contributed by atoms with Crippen molar-refractivity contribution < 1.29 is 22.7 Å². The van der Waals surface area contributed by atoms with Gasteiger partial charge in [-0.25, -0.2) is 9.78 Å². The number of alkyl carbamates (subject to hydrolysis) is 1. The van der Waals surface area contributed by atoms with E-state index >= 15 is 0 Å². The van der Waals surface area contributed by atoms with Crippen molar-refractivity contribution in [1.29, 1.82) is 0 Å². The van der Waals surface area contributed by atoms with Crippen molar-refractivity contribution in [3.63, 3.8) is 0 Å². The van der Waals surface area contributed by atoms with E-state index in [4.69, 9.17) is 16.3 Å². The van der Waals surface area contributed by atoms with Crippen molar-refractivity contribution in [2.45, 2.75) is 12.8 Å². The summed E-state index contributed by atoms with van der Waals surface area (Å²) in [6, 6.07) is 11.1. The van der Waals surface area contributed by atoms with Gasteiger partial charge >= 0.3 is 12.3 Å². The molecule has 0 unspecified atom stereocenters. The summed E-state index contributed by atoms with van der Waals surface area (Å²) in [7, 11) is 0. The van der Waals surface area contributed by atoms with Crippen LogP contribution in [0.3, 0.4) is 0 Å². The Morgan fingerprint density at radius 3 is 2.64 bits per heavy atom. The summed E-state index contributed by atoms with van der Waals surface area (Å²) in [6.07, 6.45) is -5.29. The zero-order valence-electron chi connectivity index (χ0n) is 12.7. The van der Waals surface area contributed by atoms with Crippen LogP contribution in [0.2, 0.25) is 5.15 Å². The largest absolute Gasteiger partial charge is 0.445 e. The summed E-state index contributed by atoms with van der Waals surface area (Å²) >= 11 is 5.55. The Kier molecular flexibility index (Phi) is 6.25. The van der Waals surface area contributed by atoms with Crippen LogP contribution in [0.1, 0.15) is 16.8 Å². The van der Waals surface area contributed by atoms with E-state index in [1.807, 2.05) is 18.2 Å². The lowest BCUT2D eigenvalue weighted by molar-refractivity contribution is -0.141. The monoisotopic (exact) mass is 368 g/mol. The maximum Gasteiger partial charge on any atom is 0.433 e. The molecular weight excluding hydrogens is 357 g/mol. The Labute approximate surface area is 147 Å². The van der Waals surface area contributed by atoms with E-state index in [-0.39, 0.29) is 23.9 Å². The number of halogens is 4. The molecule has 0 aliphatic rings. The van der Waals surface area contributed by atoms with Gasteiger partial charge in [0.25, 0.3) is 0 Å². The number of alkyl halides is 3. The third kappa shape index (κ3) is 6.36. The molecule has 0 spiro atoms. The van der Waals surface area contributed by atoms with Crippen LogP contribution in [-0.4, -0.2) is 17.6 Å². The van der Waals surface area contributed by atoms with E-state index in [0.717, 1.165) is 11.6 Å². The van der Waals surface area contributed by atoms with Gasteiger partial charge in [0, 0.05) is 5.56 Å². The van der Waals surface area contributed by atoms with Crippen molar-refractivity contribution in [1.82, 2.24) is 10.3 Å². The Hall–Kier alpha value is -2.72. The number of nitrogens with zero attached hydrogens (tertiary/aromatic N) is 1.